The summed E-state index contributed by atoms with van der Waals surface area (Å²) < 4.78 is 5.11. The van der Waals surface area contributed by atoms with Crippen LogP contribution in [-0.2, 0) is 0 Å². The Labute approximate surface area is 125 Å². The summed E-state index contributed by atoms with van der Waals surface area (Å²) in [5.41, 5.74) is 0.478. The van der Waals surface area contributed by atoms with Gasteiger partial charge in [-0.25, -0.2) is 0 Å². The van der Waals surface area contributed by atoms with E-state index in [0.29, 0.717) is 5.56 Å². The molecule has 4 heteroatoms. The van der Waals surface area contributed by atoms with Gasteiger partial charge in [0, 0.05) is 11.5 Å². The zero-order valence-electron chi connectivity index (χ0n) is 12.1. The van der Waals surface area contributed by atoms with Crippen LogP contribution in [0.25, 0.3) is 0 Å². The first-order valence-electron chi connectivity index (χ1n) is 7.20. The van der Waals surface area contributed by atoms with E-state index in [4.69, 9.17) is 16.3 Å². The molecule has 0 saturated carbocycles. The molecule has 0 amide bonds. The van der Waals surface area contributed by atoms with E-state index >= 15 is 0 Å². The first-order chi connectivity index (χ1) is 9.63. The van der Waals surface area contributed by atoms with Crippen molar-refractivity contribution < 1.29 is 9.53 Å². The molecule has 1 aliphatic heterocycles. The van der Waals surface area contributed by atoms with Crippen molar-refractivity contribution in [3.05, 3.63) is 29.8 Å². The summed E-state index contributed by atoms with van der Waals surface area (Å²) >= 11 is 6.49. The van der Waals surface area contributed by atoms with Gasteiger partial charge >= 0.3 is 0 Å². The zero-order chi connectivity index (χ0) is 14.5. The molecule has 1 heterocycles. The van der Waals surface area contributed by atoms with Crippen LogP contribution in [0.3, 0.4) is 0 Å². The number of ketones is 1. The molecule has 0 spiro atoms. The molecule has 3 nitrogen and oxygen atoms in total. The fourth-order valence-corrected chi connectivity index (χ4v) is 2.93. The lowest BCUT2D eigenvalue weighted by Gasteiger charge is -2.33. The number of Topliss-reactive ketones (excluding diaryl/α,β-unsaturated/α-hetero) is 1. The Hall–Kier alpha value is -1.06. The number of nitrogens with zero attached hydrogens (tertiary/aromatic N) is 1. The van der Waals surface area contributed by atoms with E-state index in [1.165, 1.54) is 19.3 Å². The maximum absolute atomic E-state index is 12.5. The van der Waals surface area contributed by atoms with Crippen LogP contribution in [0.4, 0.5) is 0 Å². The molecule has 2 unspecified atom stereocenters. The van der Waals surface area contributed by atoms with Crippen LogP contribution in [0.1, 0.15) is 36.5 Å². The molecule has 2 rings (SSSR count). The fraction of sp³-hybridized carbons (Fsp3) is 0.562. The highest BCUT2D eigenvalue weighted by molar-refractivity contribution is 6.22. The van der Waals surface area contributed by atoms with Crippen LogP contribution in [-0.4, -0.2) is 36.4 Å². The molecule has 20 heavy (non-hydrogen) atoms. The zero-order valence-corrected chi connectivity index (χ0v) is 12.9. The highest BCUT2D eigenvalue weighted by Crippen LogP contribution is 2.24. The minimum atomic E-state index is -0.218. The van der Waals surface area contributed by atoms with E-state index in [9.17, 15) is 4.79 Å². The number of carbonyl (C=O) groups is 1. The Morgan fingerprint density at radius 2 is 1.80 bits per heavy atom. The van der Waals surface area contributed by atoms with E-state index in [1.54, 1.807) is 19.2 Å². The van der Waals surface area contributed by atoms with Crippen molar-refractivity contribution in [2.75, 3.05) is 20.2 Å². The van der Waals surface area contributed by atoms with Crippen LogP contribution in [0, 0.1) is 5.92 Å². The van der Waals surface area contributed by atoms with Crippen molar-refractivity contribution >= 4 is 17.4 Å². The quantitative estimate of drug-likeness (QED) is 0.472. The summed E-state index contributed by atoms with van der Waals surface area (Å²) in [6, 6.07) is 7.23. The molecule has 1 fully saturated rings. The molecule has 110 valence electrons. The van der Waals surface area contributed by atoms with Crippen molar-refractivity contribution in [3.8, 4) is 5.75 Å². The predicted octanol–water partition coefficient (Wildman–Crippen LogP) is 3.56. The molecule has 0 aliphatic carbocycles. The first kappa shape index (κ1) is 15.3. The third kappa shape index (κ3) is 3.53. The molecule has 1 aliphatic rings. The molecular formula is C16H22ClNO2. The number of hydrogen-bond donors (Lipinski definition) is 0. The van der Waals surface area contributed by atoms with Crippen LogP contribution < -0.4 is 4.74 Å². The van der Waals surface area contributed by atoms with Crippen LogP contribution in [0.15, 0.2) is 24.3 Å². The second-order valence-corrected chi connectivity index (χ2v) is 5.80. The first-order valence-corrected chi connectivity index (χ1v) is 7.63. The molecule has 0 N–H and O–H groups in total. The second-order valence-electron chi connectivity index (χ2n) is 5.35. The number of methoxy groups -OCH3 is 1. The van der Waals surface area contributed by atoms with Gasteiger partial charge < -0.3 is 4.74 Å². The Kier molecular flexibility index (Phi) is 5.44. The lowest BCUT2D eigenvalue weighted by atomic mass is 9.97. The lowest BCUT2D eigenvalue weighted by molar-refractivity contribution is 0.0854. The number of carbonyl (C=O) groups excluding carboxylic acids is 1. The van der Waals surface area contributed by atoms with Gasteiger partial charge in [0.15, 0.2) is 5.78 Å². The standard InChI is InChI=1S/C16H22ClNO2/c1-12(16(17)18-10-4-3-5-11-18)15(19)13-6-8-14(20-2)9-7-13/h6-9,12,16H,3-5,10-11H2,1-2H3. The smallest absolute Gasteiger partial charge is 0.168 e. The van der Waals surface area contributed by atoms with Gasteiger partial charge in [-0.3, -0.25) is 9.69 Å². The Balaban J connectivity index is 2.02. The van der Waals surface area contributed by atoms with Gasteiger partial charge in [-0.15, -0.1) is 11.6 Å². The summed E-state index contributed by atoms with van der Waals surface area (Å²) in [6.45, 7) is 3.90. The van der Waals surface area contributed by atoms with Crippen molar-refractivity contribution in [2.45, 2.75) is 31.7 Å². The van der Waals surface area contributed by atoms with Gasteiger partial charge in [-0.05, 0) is 50.2 Å². The van der Waals surface area contributed by atoms with Crippen molar-refractivity contribution in [3.63, 3.8) is 0 Å². The number of rotatable bonds is 5. The molecule has 2 atom stereocenters. The average Bonchev–Trinajstić information content (AvgIpc) is 2.53. The van der Waals surface area contributed by atoms with E-state index in [2.05, 4.69) is 4.90 Å². The normalized spacial score (nSPS) is 19.4. The maximum atomic E-state index is 12.5. The van der Waals surface area contributed by atoms with Gasteiger partial charge in [0.25, 0.3) is 0 Å². The summed E-state index contributed by atoms with van der Waals surface area (Å²) in [5, 5.41) is 0. The molecule has 0 bridgehead atoms. The van der Waals surface area contributed by atoms with Gasteiger partial charge in [0.05, 0.1) is 12.6 Å². The third-order valence-electron chi connectivity index (χ3n) is 3.94. The van der Waals surface area contributed by atoms with Crippen LogP contribution >= 0.6 is 11.6 Å². The molecule has 0 radical (unpaired) electrons. The number of halogens is 1. The Bertz CT molecular complexity index is 440. The number of likely N-dealkylation sites (tertiary alicyclic amines) is 1. The Morgan fingerprint density at radius 1 is 1.20 bits per heavy atom. The molecule has 1 aromatic carbocycles. The van der Waals surface area contributed by atoms with Gasteiger partial charge in [-0.2, -0.15) is 0 Å². The van der Waals surface area contributed by atoms with Gasteiger partial charge in [0.1, 0.15) is 5.75 Å². The molecule has 0 aromatic heterocycles. The predicted molar refractivity (Wildman–Crippen MR) is 81.6 cm³/mol. The summed E-state index contributed by atoms with van der Waals surface area (Å²) in [5.74, 6) is 0.647. The summed E-state index contributed by atoms with van der Waals surface area (Å²) in [7, 11) is 1.62. The summed E-state index contributed by atoms with van der Waals surface area (Å²) in [6.07, 6.45) is 3.61. The highest BCUT2D eigenvalue weighted by Gasteiger charge is 2.29. The van der Waals surface area contributed by atoms with Crippen LogP contribution in [0.5, 0.6) is 5.75 Å². The Morgan fingerprint density at radius 3 is 2.35 bits per heavy atom. The highest BCUT2D eigenvalue weighted by atomic mass is 35.5. The summed E-state index contributed by atoms with van der Waals surface area (Å²) in [4.78, 5) is 14.7. The molecular weight excluding hydrogens is 274 g/mol. The van der Waals surface area contributed by atoms with Crippen LogP contribution in [0.2, 0.25) is 0 Å². The number of benzene rings is 1. The number of piperidine rings is 1. The number of ether oxygens (including phenoxy) is 1. The van der Waals surface area contributed by atoms with Gasteiger partial charge in [0.2, 0.25) is 0 Å². The van der Waals surface area contributed by atoms with E-state index < -0.39 is 0 Å². The minimum Gasteiger partial charge on any atom is -0.497 e. The van der Waals surface area contributed by atoms with Crippen molar-refractivity contribution in [1.82, 2.24) is 4.90 Å². The van der Waals surface area contributed by atoms with Crippen molar-refractivity contribution in [2.24, 2.45) is 5.92 Å². The SMILES string of the molecule is COc1ccc(C(=O)C(C)C(Cl)N2CCCCC2)cc1. The third-order valence-corrected chi connectivity index (χ3v) is 4.59. The minimum absolute atomic E-state index is 0.0956. The fourth-order valence-electron chi connectivity index (χ4n) is 2.62. The second kappa shape index (κ2) is 7.09. The lowest BCUT2D eigenvalue weighted by Crippen LogP contribution is -2.41. The van der Waals surface area contributed by atoms with E-state index in [-0.39, 0.29) is 17.2 Å². The van der Waals surface area contributed by atoms with Gasteiger partial charge in [-0.1, -0.05) is 13.3 Å². The van der Waals surface area contributed by atoms with Crippen molar-refractivity contribution in [1.29, 1.82) is 0 Å². The van der Waals surface area contributed by atoms with E-state index in [0.717, 1.165) is 18.8 Å². The molecule has 1 aromatic rings. The number of alkyl halides is 1. The molecule has 1 saturated heterocycles. The average molecular weight is 296 g/mol. The maximum Gasteiger partial charge on any atom is 0.168 e. The monoisotopic (exact) mass is 295 g/mol. The van der Waals surface area contributed by atoms with E-state index in [1.807, 2.05) is 19.1 Å². The number of hydrogen-bond acceptors (Lipinski definition) is 3. The largest absolute Gasteiger partial charge is 0.497 e. The topological polar surface area (TPSA) is 29.5 Å².